The summed E-state index contributed by atoms with van der Waals surface area (Å²) < 4.78 is 1.74. The highest BCUT2D eigenvalue weighted by Crippen LogP contribution is 2.37. The van der Waals surface area contributed by atoms with Crippen molar-refractivity contribution in [3.05, 3.63) is 88.3 Å². The van der Waals surface area contributed by atoms with Gasteiger partial charge in [0.15, 0.2) is 0 Å². The molecule has 4 aromatic rings. The van der Waals surface area contributed by atoms with Gasteiger partial charge >= 0.3 is 0 Å². The minimum Gasteiger partial charge on any atom is -0.311 e. The van der Waals surface area contributed by atoms with E-state index in [1.807, 2.05) is 56.6 Å². The zero-order valence-electron chi connectivity index (χ0n) is 15.2. The molecule has 2 aromatic carbocycles. The molecular formula is C23H20N2O. The fourth-order valence-electron chi connectivity index (χ4n) is 3.67. The van der Waals surface area contributed by atoms with E-state index >= 15 is 0 Å². The van der Waals surface area contributed by atoms with Gasteiger partial charge in [0.1, 0.15) is 0 Å². The van der Waals surface area contributed by atoms with Crippen LogP contribution in [0, 0.1) is 13.8 Å². The Kier molecular flexibility index (Phi) is 3.92. The van der Waals surface area contributed by atoms with Crippen molar-refractivity contribution in [2.24, 2.45) is 7.05 Å². The lowest BCUT2D eigenvalue weighted by Gasteiger charge is -2.17. The third-order valence-electron chi connectivity index (χ3n) is 4.98. The first-order valence-corrected chi connectivity index (χ1v) is 8.69. The molecule has 0 unspecified atom stereocenters. The predicted molar refractivity (Wildman–Crippen MR) is 107 cm³/mol. The third kappa shape index (κ3) is 2.44. The molecule has 0 aliphatic rings. The lowest BCUT2D eigenvalue weighted by atomic mass is 9.91. The monoisotopic (exact) mass is 340 g/mol. The van der Waals surface area contributed by atoms with E-state index in [4.69, 9.17) is 0 Å². The van der Waals surface area contributed by atoms with Gasteiger partial charge in [-0.2, -0.15) is 0 Å². The molecule has 0 spiro atoms. The fraction of sp³-hybridized carbons (Fsp3) is 0.130. The smallest absolute Gasteiger partial charge is 0.254 e. The number of fused-ring (bicyclic) bond motifs is 1. The zero-order chi connectivity index (χ0) is 18.3. The van der Waals surface area contributed by atoms with Crippen molar-refractivity contribution in [3.8, 4) is 22.4 Å². The Morgan fingerprint density at radius 1 is 0.885 bits per heavy atom. The summed E-state index contributed by atoms with van der Waals surface area (Å²) in [6.45, 7) is 3.98. The van der Waals surface area contributed by atoms with Gasteiger partial charge in [-0.1, -0.05) is 48.5 Å². The first kappa shape index (κ1) is 16.3. The van der Waals surface area contributed by atoms with E-state index in [0.29, 0.717) is 0 Å². The highest BCUT2D eigenvalue weighted by molar-refractivity contribution is 6.05. The number of benzene rings is 2. The summed E-state index contributed by atoms with van der Waals surface area (Å²) in [5.74, 6) is 0. The maximum absolute atomic E-state index is 12.8. The Morgan fingerprint density at radius 3 is 2.38 bits per heavy atom. The largest absolute Gasteiger partial charge is 0.311 e. The molecule has 0 N–H and O–H groups in total. The van der Waals surface area contributed by atoms with Gasteiger partial charge in [-0.15, -0.1) is 0 Å². The van der Waals surface area contributed by atoms with E-state index < -0.39 is 0 Å². The number of aromatic nitrogens is 2. The summed E-state index contributed by atoms with van der Waals surface area (Å²) in [5.41, 5.74) is 6.87. The summed E-state index contributed by atoms with van der Waals surface area (Å²) in [7, 11) is 1.83. The van der Waals surface area contributed by atoms with Gasteiger partial charge in [0.25, 0.3) is 5.56 Å². The van der Waals surface area contributed by atoms with Gasteiger partial charge in [-0.3, -0.25) is 9.78 Å². The quantitative estimate of drug-likeness (QED) is 0.521. The molecule has 0 aliphatic heterocycles. The third-order valence-corrected chi connectivity index (χ3v) is 4.98. The van der Waals surface area contributed by atoms with Crippen molar-refractivity contribution in [3.63, 3.8) is 0 Å². The molecule has 26 heavy (non-hydrogen) atoms. The van der Waals surface area contributed by atoms with Crippen molar-refractivity contribution in [1.82, 2.24) is 9.55 Å². The number of hydrogen-bond donors (Lipinski definition) is 0. The molecule has 0 amide bonds. The van der Waals surface area contributed by atoms with Crippen LogP contribution < -0.4 is 5.56 Å². The summed E-state index contributed by atoms with van der Waals surface area (Å²) in [6, 6.07) is 20.2. The highest BCUT2D eigenvalue weighted by Gasteiger charge is 2.18. The summed E-state index contributed by atoms with van der Waals surface area (Å²) in [6.07, 6.45) is 1.82. The molecule has 0 atom stereocenters. The second-order valence-electron chi connectivity index (χ2n) is 6.60. The molecule has 0 saturated heterocycles. The molecule has 3 nitrogen and oxygen atoms in total. The Bertz CT molecular complexity index is 1170. The van der Waals surface area contributed by atoms with E-state index in [-0.39, 0.29) is 5.56 Å². The standard InChI is InChI=1S/C23H20N2O/c1-15-9-8-14-24-22(15)18-12-7-13-19-21(18)20(16(2)23(26)25(19)3)17-10-5-4-6-11-17/h4-14H,1-3H3. The van der Waals surface area contributed by atoms with Gasteiger partial charge in [0, 0.05) is 35.3 Å². The minimum absolute atomic E-state index is 0.0336. The number of pyridine rings is 2. The second kappa shape index (κ2) is 6.26. The molecule has 0 saturated carbocycles. The number of rotatable bonds is 2. The minimum atomic E-state index is 0.0336. The van der Waals surface area contributed by atoms with Crippen molar-refractivity contribution >= 4 is 10.9 Å². The molecule has 128 valence electrons. The average Bonchev–Trinajstić information content (AvgIpc) is 2.67. The second-order valence-corrected chi connectivity index (χ2v) is 6.60. The Labute approximate surface area is 152 Å². The maximum atomic E-state index is 12.8. The van der Waals surface area contributed by atoms with E-state index in [1.165, 1.54) is 0 Å². The van der Waals surface area contributed by atoms with E-state index in [2.05, 4.69) is 36.2 Å². The van der Waals surface area contributed by atoms with E-state index in [1.54, 1.807) is 4.57 Å². The van der Waals surface area contributed by atoms with E-state index in [0.717, 1.165) is 44.4 Å². The van der Waals surface area contributed by atoms with Crippen LogP contribution in [0.15, 0.2) is 71.7 Å². The summed E-state index contributed by atoms with van der Waals surface area (Å²) in [4.78, 5) is 17.5. The maximum Gasteiger partial charge on any atom is 0.254 e. The van der Waals surface area contributed by atoms with Crippen LogP contribution in [0.4, 0.5) is 0 Å². The SMILES string of the molecule is Cc1cccnc1-c1cccc2c1c(-c1ccccc1)c(C)c(=O)n2C. The average molecular weight is 340 g/mol. The number of nitrogens with zero attached hydrogens (tertiary/aromatic N) is 2. The first-order valence-electron chi connectivity index (χ1n) is 8.69. The van der Waals surface area contributed by atoms with Gasteiger partial charge in [0.2, 0.25) is 0 Å². The van der Waals surface area contributed by atoms with E-state index in [9.17, 15) is 4.79 Å². The fourth-order valence-corrected chi connectivity index (χ4v) is 3.67. The van der Waals surface area contributed by atoms with Crippen LogP contribution >= 0.6 is 0 Å². The first-order chi connectivity index (χ1) is 12.6. The van der Waals surface area contributed by atoms with Crippen molar-refractivity contribution in [2.75, 3.05) is 0 Å². The highest BCUT2D eigenvalue weighted by atomic mass is 16.1. The van der Waals surface area contributed by atoms with Crippen molar-refractivity contribution < 1.29 is 0 Å². The van der Waals surface area contributed by atoms with Crippen molar-refractivity contribution in [2.45, 2.75) is 13.8 Å². The molecule has 2 aromatic heterocycles. The Hall–Kier alpha value is -3.20. The Balaban J connectivity index is 2.24. The molecule has 2 heterocycles. The lowest BCUT2D eigenvalue weighted by molar-refractivity contribution is 0.894. The molecule has 3 heteroatoms. The Morgan fingerprint density at radius 2 is 1.65 bits per heavy atom. The van der Waals surface area contributed by atoms with Crippen molar-refractivity contribution in [1.29, 1.82) is 0 Å². The molecule has 0 aliphatic carbocycles. The molecular weight excluding hydrogens is 320 g/mol. The van der Waals surface area contributed by atoms with Crippen LogP contribution in [-0.4, -0.2) is 9.55 Å². The topological polar surface area (TPSA) is 34.9 Å². The normalized spacial score (nSPS) is 11.0. The predicted octanol–water partition coefficient (Wildman–Crippen LogP) is 4.88. The van der Waals surface area contributed by atoms with Crippen LogP contribution in [0.5, 0.6) is 0 Å². The van der Waals surface area contributed by atoms with Gasteiger partial charge < -0.3 is 4.57 Å². The number of hydrogen-bond acceptors (Lipinski definition) is 2. The number of aryl methyl sites for hydroxylation is 2. The lowest BCUT2D eigenvalue weighted by Crippen LogP contribution is -2.21. The van der Waals surface area contributed by atoms with Crippen LogP contribution in [-0.2, 0) is 7.05 Å². The molecule has 0 radical (unpaired) electrons. The van der Waals surface area contributed by atoms with Crippen LogP contribution in [0.1, 0.15) is 11.1 Å². The van der Waals surface area contributed by atoms with Crippen LogP contribution in [0.2, 0.25) is 0 Å². The molecule has 0 bridgehead atoms. The van der Waals surface area contributed by atoms with Crippen LogP contribution in [0.3, 0.4) is 0 Å². The van der Waals surface area contributed by atoms with Gasteiger partial charge in [0.05, 0.1) is 11.2 Å². The summed E-state index contributed by atoms with van der Waals surface area (Å²) in [5, 5.41) is 1.07. The summed E-state index contributed by atoms with van der Waals surface area (Å²) >= 11 is 0. The van der Waals surface area contributed by atoms with Gasteiger partial charge in [-0.05, 0) is 37.1 Å². The molecule has 0 fully saturated rings. The van der Waals surface area contributed by atoms with Crippen LogP contribution in [0.25, 0.3) is 33.3 Å². The zero-order valence-corrected chi connectivity index (χ0v) is 15.2. The van der Waals surface area contributed by atoms with Gasteiger partial charge in [-0.25, -0.2) is 0 Å². The molecule has 4 rings (SSSR count).